The highest BCUT2D eigenvalue weighted by atomic mass is 16.7. The lowest BCUT2D eigenvalue weighted by molar-refractivity contribution is -0.108. The van der Waals surface area contributed by atoms with Crippen LogP contribution in [0.4, 0.5) is 0 Å². The van der Waals surface area contributed by atoms with Gasteiger partial charge >= 0.3 is 0 Å². The molecule has 1 aromatic heterocycles. The Labute approximate surface area is 76.3 Å². The number of ether oxygens (including phenoxy) is 2. The Kier molecular flexibility index (Phi) is 3.16. The number of nitrogens with zero attached hydrogens (tertiary/aromatic N) is 2. The fraction of sp³-hybridized carbons (Fsp3) is 0.500. The smallest absolute Gasteiger partial charge is 0.243 e. The molecule has 1 heterocycles. The molecule has 0 saturated carbocycles. The van der Waals surface area contributed by atoms with E-state index in [9.17, 15) is 4.79 Å². The minimum Gasteiger partial charge on any atom is -0.350 e. The normalized spacial score (nSPS) is 10.8. The topological polar surface area (TPSA) is 53.4 Å². The van der Waals surface area contributed by atoms with Crippen molar-refractivity contribution in [3.63, 3.8) is 0 Å². The van der Waals surface area contributed by atoms with Gasteiger partial charge in [-0.25, -0.2) is 4.68 Å². The minimum absolute atomic E-state index is 0.141. The molecule has 13 heavy (non-hydrogen) atoms. The number of methoxy groups -OCH3 is 2. The maximum absolute atomic E-state index is 10.9. The third-order valence-electron chi connectivity index (χ3n) is 1.60. The zero-order valence-corrected chi connectivity index (χ0v) is 7.85. The van der Waals surface area contributed by atoms with Crippen molar-refractivity contribution in [2.24, 2.45) is 0 Å². The van der Waals surface area contributed by atoms with E-state index in [1.54, 1.807) is 12.3 Å². The van der Waals surface area contributed by atoms with Crippen LogP contribution in [0.15, 0.2) is 12.3 Å². The highest BCUT2D eigenvalue weighted by Crippen LogP contribution is 2.13. The molecule has 0 aliphatic rings. The van der Waals surface area contributed by atoms with Crippen LogP contribution in [0.5, 0.6) is 0 Å². The molecule has 0 aliphatic heterocycles. The summed E-state index contributed by atoms with van der Waals surface area (Å²) in [5.74, 6) is -0.141. The molecule has 0 unspecified atom stereocenters. The van der Waals surface area contributed by atoms with Gasteiger partial charge in [-0.2, -0.15) is 5.10 Å². The summed E-state index contributed by atoms with van der Waals surface area (Å²) in [5, 5.41) is 3.97. The van der Waals surface area contributed by atoms with Gasteiger partial charge in [-0.1, -0.05) is 0 Å². The Balaban J connectivity index is 2.84. The summed E-state index contributed by atoms with van der Waals surface area (Å²) in [5.41, 5.74) is 0.584. The molecule has 0 aromatic carbocycles. The van der Waals surface area contributed by atoms with Crippen molar-refractivity contribution >= 4 is 5.91 Å². The second kappa shape index (κ2) is 4.15. The SMILES string of the molecule is COC(OC)c1ccn(C(C)=O)n1. The first-order valence-corrected chi connectivity index (χ1v) is 3.81. The van der Waals surface area contributed by atoms with Gasteiger partial charge in [0.25, 0.3) is 0 Å². The summed E-state index contributed by atoms with van der Waals surface area (Å²) >= 11 is 0. The largest absolute Gasteiger partial charge is 0.350 e. The predicted molar refractivity (Wildman–Crippen MR) is 45.3 cm³/mol. The van der Waals surface area contributed by atoms with E-state index in [2.05, 4.69) is 5.10 Å². The van der Waals surface area contributed by atoms with Gasteiger partial charge in [0.05, 0.1) is 0 Å². The first kappa shape index (κ1) is 9.88. The molecule has 5 heteroatoms. The van der Waals surface area contributed by atoms with E-state index < -0.39 is 6.29 Å². The number of carbonyl (C=O) groups excluding carboxylic acids is 1. The molecule has 0 atom stereocenters. The Bertz CT molecular complexity index is 291. The maximum Gasteiger partial charge on any atom is 0.243 e. The van der Waals surface area contributed by atoms with Crippen LogP contribution in [0.1, 0.15) is 23.7 Å². The van der Waals surface area contributed by atoms with E-state index in [1.807, 2.05) is 0 Å². The standard InChI is InChI=1S/C8H12N2O3/c1-6(11)10-5-4-7(9-10)8(12-2)13-3/h4-5,8H,1-3H3. The summed E-state index contributed by atoms with van der Waals surface area (Å²) in [6.07, 6.45) is 1.06. The maximum atomic E-state index is 10.9. The lowest BCUT2D eigenvalue weighted by Crippen LogP contribution is -2.09. The minimum atomic E-state index is -0.513. The number of rotatable bonds is 3. The van der Waals surface area contributed by atoms with Crippen LogP contribution in [0.25, 0.3) is 0 Å². The third-order valence-corrected chi connectivity index (χ3v) is 1.60. The van der Waals surface area contributed by atoms with Gasteiger partial charge < -0.3 is 9.47 Å². The summed E-state index contributed by atoms with van der Waals surface area (Å²) in [7, 11) is 3.03. The highest BCUT2D eigenvalue weighted by Gasteiger charge is 2.12. The lowest BCUT2D eigenvalue weighted by atomic mass is 10.4. The Morgan fingerprint density at radius 1 is 1.54 bits per heavy atom. The molecular weight excluding hydrogens is 172 g/mol. The van der Waals surface area contributed by atoms with Crippen LogP contribution in [0.2, 0.25) is 0 Å². The zero-order valence-electron chi connectivity index (χ0n) is 7.85. The molecule has 72 valence electrons. The van der Waals surface area contributed by atoms with Gasteiger partial charge in [0.1, 0.15) is 5.69 Å². The molecular formula is C8H12N2O3. The number of hydrogen-bond acceptors (Lipinski definition) is 4. The number of aromatic nitrogens is 2. The molecule has 0 fully saturated rings. The first-order valence-electron chi connectivity index (χ1n) is 3.81. The van der Waals surface area contributed by atoms with Gasteiger partial charge in [0, 0.05) is 27.3 Å². The third kappa shape index (κ3) is 2.13. The molecule has 1 rings (SSSR count). The van der Waals surface area contributed by atoms with Gasteiger partial charge in [0.15, 0.2) is 0 Å². The molecule has 0 amide bonds. The van der Waals surface area contributed by atoms with Gasteiger partial charge in [0.2, 0.25) is 12.2 Å². The van der Waals surface area contributed by atoms with E-state index in [0.717, 1.165) is 0 Å². The van der Waals surface area contributed by atoms with Crippen LogP contribution in [0.3, 0.4) is 0 Å². The fourth-order valence-corrected chi connectivity index (χ4v) is 0.977. The van der Waals surface area contributed by atoms with Crippen molar-refractivity contribution in [3.8, 4) is 0 Å². The van der Waals surface area contributed by atoms with Gasteiger partial charge in [-0.15, -0.1) is 0 Å². The Morgan fingerprint density at radius 2 is 2.15 bits per heavy atom. The van der Waals surface area contributed by atoms with Crippen LogP contribution < -0.4 is 0 Å². The van der Waals surface area contributed by atoms with Crippen LogP contribution in [0, 0.1) is 0 Å². The quantitative estimate of drug-likeness (QED) is 0.653. The van der Waals surface area contributed by atoms with E-state index in [4.69, 9.17) is 9.47 Å². The van der Waals surface area contributed by atoms with E-state index in [-0.39, 0.29) is 5.91 Å². The van der Waals surface area contributed by atoms with Gasteiger partial charge in [-0.3, -0.25) is 4.79 Å². The zero-order chi connectivity index (χ0) is 9.84. The Morgan fingerprint density at radius 3 is 2.54 bits per heavy atom. The highest BCUT2D eigenvalue weighted by molar-refractivity contribution is 5.74. The van der Waals surface area contributed by atoms with Crippen molar-refractivity contribution in [2.75, 3.05) is 14.2 Å². The second-order valence-corrected chi connectivity index (χ2v) is 2.51. The number of carbonyl (C=O) groups is 1. The summed E-state index contributed by atoms with van der Waals surface area (Å²) < 4.78 is 11.2. The lowest BCUT2D eigenvalue weighted by Gasteiger charge is -2.09. The van der Waals surface area contributed by atoms with Crippen molar-refractivity contribution in [2.45, 2.75) is 13.2 Å². The van der Waals surface area contributed by atoms with Crippen molar-refractivity contribution < 1.29 is 14.3 Å². The second-order valence-electron chi connectivity index (χ2n) is 2.51. The first-order chi connectivity index (χ1) is 6.19. The summed E-state index contributed by atoms with van der Waals surface area (Å²) in [4.78, 5) is 10.9. The Hall–Kier alpha value is -1.20. The average molecular weight is 184 g/mol. The van der Waals surface area contributed by atoms with Crippen LogP contribution >= 0.6 is 0 Å². The summed E-state index contributed by atoms with van der Waals surface area (Å²) in [6, 6.07) is 1.68. The molecule has 0 spiro atoms. The monoisotopic (exact) mass is 184 g/mol. The van der Waals surface area contributed by atoms with Crippen molar-refractivity contribution in [1.29, 1.82) is 0 Å². The molecule has 0 aliphatic carbocycles. The molecule has 0 N–H and O–H groups in total. The molecule has 0 radical (unpaired) electrons. The molecule has 0 saturated heterocycles. The van der Waals surface area contributed by atoms with Crippen molar-refractivity contribution in [1.82, 2.24) is 9.78 Å². The van der Waals surface area contributed by atoms with Crippen LogP contribution in [-0.4, -0.2) is 29.9 Å². The van der Waals surface area contributed by atoms with E-state index in [1.165, 1.54) is 25.8 Å². The summed E-state index contributed by atoms with van der Waals surface area (Å²) in [6.45, 7) is 1.44. The molecule has 0 bridgehead atoms. The average Bonchev–Trinajstić information content (AvgIpc) is 2.56. The van der Waals surface area contributed by atoms with Crippen LogP contribution in [-0.2, 0) is 9.47 Å². The van der Waals surface area contributed by atoms with Crippen molar-refractivity contribution in [3.05, 3.63) is 18.0 Å². The number of hydrogen-bond donors (Lipinski definition) is 0. The fourth-order valence-electron chi connectivity index (χ4n) is 0.977. The van der Waals surface area contributed by atoms with E-state index in [0.29, 0.717) is 5.69 Å². The molecule has 5 nitrogen and oxygen atoms in total. The van der Waals surface area contributed by atoms with E-state index >= 15 is 0 Å². The molecule has 1 aromatic rings. The predicted octanol–water partition coefficient (Wildman–Crippen LogP) is 0.835. The van der Waals surface area contributed by atoms with Gasteiger partial charge in [-0.05, 0) is 6.07 Å².